The number of nitrogens with zero attached hydrogens (tertiary/aromatic N) is 1. The van der Waals surface area contributed by atoms with E-state index in [9.17, 15) is 4.79 Å². The third-order valence-electron chi connectivity index (χ3n) is 2.01. The molecule has 1 N–H and O–H groups in total. The molecule has 0 unspecified atom stereocenters. The second kappa shape index (κ2) is 5.01. The van der Waals surface area contributed by atoms with E-state index in [-0.39, 0.29) is 18.4 Å². The third kappa shape index (κ3) is 2.85. The molecule has 0 saturated carbocycles. The Bertz CT molecular complexity index is 538. The van der Waals surface area contributed by atoms with Crippen LogP contribution in [0.5, 0.6) is 6.08 Å². The lowest BCUT2D eigenvalue weighted by Crippen LogP contribution is -1.99. The number of carboxylic acid groups (broad SMARTS) is 1. The van der Waals surface area contributed by atoms with Gasteiger partial charge in [0.05, 0.1) is 0 Å². The van der Waals surface area contributed by atoms with Gasteiger partial charge in [-0.3, -0.25) is 0 Å². The van der Waals surface area contributed by atoms with Gasteiger partial charge in [0, 0.05) is 10.0 Å². The standard InChI is InChI=1S/C11H8BrNO4/c12-8-4-2-1-3-7(8)5-16-11-13-9(6-17-11)10(14)15/h1-4,6H,5H2,(H,14,15). The molecule has 2 rings (SSSR count). The summed E-state index contributed by atoms with van der Waals surface area (Å²) in [5.74, 6) is -1.15. The van der Waals surface area contributed by atoms with E-state index in [1.807, 2.05) is 24.3 Å². The average Bonchev–Trinajstić information content (AvgIpc) is 2.77. The first kappa shape index (κ1) is 11.7. The van der Waals surface area contributed by atoms with Gasteiger partial charge in [-0.1, -0.05) is 34.1 Å². The monoisotopic (exact) mass is 297 g/mol. The zero-order chi connectivity index (χ0) is 12.3. The molecule has 1 aromatic heterocycles. The number of rotatable bonds is 4. The first-order valence-electron chi connectivity index (χ1n) is 4.72. The molecule has 1 heterocycles. The second-order valence-electron chi connectivity index (χ2n) is 3.18. The van der Waals surface area contributed by atoms with Gasteiger partial charge in [0.2, 0.25) is 0 Å². The van der Waals surface area contributed by atoms with E-state index in [1.165, 1.54) is 0 Å². The quantitative estimate of drug-likeness (QED) is 0.939. The molecule has 2 aromatic rings. The number of aromatic carboxylic acids is 1. The van der Waals surface area contributed by atoms with Crippen molar-refractivity contribution in [3.8, 4) is 6.08 Å². The van der Waals surface area contributed by atoms with Crippen molar-refractivity contribution in [2.24, 2.45) is 0 Å². The number of ether oxygens (including phenoxy) is 1. The Hall–Kier alpha value is -1.82. The predicted molar refractivity (Wildman–Crippen MR) is 61.9 cm³/mol. The van der Waals surface area contributed by atoms with Crippen LogP contribution >= 0.6 is 15.9 Å². The minimum atomic E-state index is -1.15. The van der Waals surface area contributed by atoms with E-state index < -0.39 is 5.97 Å². The van der Waals surface area contributed by atoms with Crippen molar-refractivity contribution < 1.29 is 19.1 Å². The van der Waals surface area contributed by atoms with Gasteiger partial charge in [-0.25, -0.2) is 4.79 Å². The molecule has 0 saturated heterocycles. The summed E-state index contributed by atoms with van der Waals surface area (Å²) < 4.78 is 11.0. The minimum absolute atomic E-state index is 0.0573. The Morgan fingerprint density at radius 1 is 1.47 bits per heavy atom. The second-order valence-corrected chi connectivity index (χ2v) is 4.04. The van der Waals surface area contributed by atoms with E-state index >= 15 is 0 Å². The Kier molecular flexibility index (Phi) is 3.43. The van der Waals surface area contributed by atoms with Crippen LogP contribution < -0.4 is 4.74 Å². The molecule has 17 heavy (non-hydrogen) atoms. The smallest absolute Gasteiger partial charge is 0.394 e. The molecule has 0 spiro atoms. The summed E-state index contributed by atoms with van der Waals surface area (Å²) >= 11 is 3.37. The number of hydrogen-bond donors (Lipinski definition) is 1. The highest BCUT2D eigenvalue weighted by molar-refractivity contribution is 9.10. The topological polar surface area (TPSA) is 72.6 Å². The van der Waals surface area contributed by atoms with Gasteiger partial charge in [-0.05, 0) is 6.07 Å². The van der Waals surface area contributed by atoms with Crippen molar-refractivity contribution >= 4 is 21.9 Å². The predicted octanol–water partition coefficient (Wildman–Crippen LogP) is 2.71. The van der Waals surface area contributed by atoms with Crippen LogP contribution in [0.1, 0.15) is 16.1 Å². The van der Waals surface area contributed by atoms with Gasteiger partial charge >= 0.3 is 12.0 Å². The van der Waals surface area contributed by atoms with Crippen LogP contribution in [-0.4, -0.2) is 16.1 Å². The van der Waals surface area contributed by atoms with Gasteiger partial charge in [0.1, 0.15) is 12.9 Å². The van der Waals surface area contributed by atoms with Gasteiger partial charge in [-0.2, -0.15) is 4.98 Å². The summed E-state index contributed by atoms with van der Waals surface area (Å²) in [6.45, 7) is 0.251. The summed E-state index contributed by atoms with van der Waals surface area (Å²) in [5, 5.41) is 8.64. The molecule has 0 amide bonds. The molecule has 0 aliphatic carbocycles. The van der Waals surface area contributed by atoms with Crippen molar-refractivity contribution in [1.82, 2.24) is 4.98 Å². The number of carboxylic acids is 1. The van der Waals surface area contributed by atoms with Crippen molar-refractivity contribution in [3.63, 3.8) is 0 Å². The molecule has 88 valence electrons. The van der Waals surface area contributed by atoms with Crippen molar-refractivity contribution in [1.29, 1.82) is 0 Å². The van der Waals surface area contributed by atoms with Gasteiger partial charge < -0.3 is 14.3 Å². The molecule has 5 nitrogen and oxygen atoms in total. The molecule has 6 heteroatoms. The lowest BCUT2D eigenvalue weighted by atomic mass is 10.2. The number of halogens is 1. The average molecular weight is 298 g/mol. The molecule has 0 atom stereocenters. The number of hydrogen-bond acceptors (Lipinski definition) is 4. The fourth-order valence-corrected chi connectivity index (χ4v) is 1.58. The maximum atomic E-state index is 10.6. The van der Waals surface area contributed by atoms with E-state index in [2.05, 4.69) is 20.9 Å². The van der Waals surface area contributed by atoms with Crippen LogP contribution in [-0.2, 0) is 6.61 Å². The highest BCUT2D eigenvalue weighted by atomic mass is 79.9. The molecule has 0 bridgehead atoms. The number of oxazole rings is 1. The first-order valence-corrected chi connectivity index (χ1v) is 5.51. The number of aromatic nitrogens is 1. The number of carbonyl (C=O) groups is 1. The fraction of sp³-hybridized carbons (Fsp3) is 0.0909. The van der Waals surface area contributed by atoms with Crippen molar-refractivity contribution in [2.75, 3.05) is 0 Å². The van der Waals surface area contributed by atoms with Gasteiger partial charge in [0.15, 0.2) is 5.69 Å². The number of benzene rings is 1. The van der Waals surface area contributed by atoms with Crippen molar-refractivity contribution in [2.45, 2.75) is 6.61 Å². The summed E-state index contributed by atoms with van der Waals surface area (Å²) in [6, 6.07) is 7.53. The van der Waals surface area contributed by atoms with E-state index in [0.717, 1.165) is 16.3 Å². The van der Waals surface area contributed by atoms with Crippen LogP contribution in [0.15, 0.2) is 39.4 Å². The summed E-state index contributed by atoms with van der Waals surface area (Å²) in [6.07, 6.45) is 0.982. The summed E-state index contributed by atoms with van der Waals surface area (Å²) in [7, 11) is 0. The fourth-order valence-electron chi connectivity index (χ4n) is 1.18. The Balaban J connectivity index is 2.02. The van der Waals surface area contributed by atoms with Crippen molar-refractivity contribution in [3.05, 3.63) is 46.3 Å². The Morgan fingerprint density at radius 2 is 2.24 bits per heavy atom. The minimum Gasteiger partial charge on any atom is -0.476 e. The zero-order valence-corrected chi connectivity index (χ0v) is 10.2. The zero-order valence-electron chi connectivity index (χ0n) is 8.59. The molecular weight excluding hydrogens is 290 g/mol. The van der Waals surface area contributed by atoms with Crippen LogP contribution in [0.4, 0.5) is 0 Å². The van der Waals surface area contributed by atoms with Crippen LogP contribution in [0.3, 0.4) is 0 Å². The molecule has 0 aliphatic heterocycles. The first-order chi connectivity index (χ1) is 8.16. The van der Waals surface area contributed by atoms with E-state index in [0.29, 0.717) is 0 Å². The maximum Gasteiger partial charge on any atom is 0.394 e. The normalized spacial score (nSPS) is 10.2. The molecule has 1 aromatic carbocycles. The third-order valence-corrected chi connectivity index (χ3v) is 2.78. The SMILES string of the molecule is O=C(O)c1coc(OCc2ccccc2Br)n1. The van der Waals surface area contributed by atoms with Gasteiger partial charge in [-0.15, -0.1) is 0 Å². The Labute approximate surface area is 105 Å². The molecular formula is C11H8BrNO4. The van der Waals surface area contributed by atoms with Crippen LogP contribution in [0, 0.1) is 0 Å². The van der Waals surface area contributed by atoms with Gasteiger partial charge in [0.25, 0.3) is 0 Å². The molecule has 0 fully saturated rings. The lowest BCUT2D eigenvalue weighted by Gasteiger charge is -2.03. The highest BCUT2D eigenvalue weighted by Crippen LogP contribution is 2.18. The Morgan fingerprint density at radius 3 is 2.88 bits per heavy atom. The van der Waals surface area contributed by atoms with Crippen LogP contribution in [0.2, 0.25) is 0 Å². The maximum absolute atomic E-state index is 10.6. The lowest BCUT2D eigenvalue weighted by molar-refractivity contribution is 0.0690. The largest absolute Gasteiger partial charge is 0.476 e. The van der Waals surface area contributed by atoms with Crippen LogP contribution in [0.25, 0.3) is 0 Å². The van der Waals surface area contributed by atoms with E-state index in [1.54, 1.807) is 0 Å². The summed E-state index contributed by atoms with van der Waals surface area (Å²) in [4.78, 5) is 14.2. The molecule has 0 aliphatic rings. The summed E-state index contributed by atoms with van der Waals surface area (Å²) in [5.41, 5.74) is 0.745. The van der Waals surface area contributed by atoms with E-state index in [4.69, 9.17) is 14.3 Å². The molecule has 0 radical (unpaired) electrons. The highest BCUT2D eigenvalue weighted by Gasteiger charge is 2.11.